The molecule has 1 aromatic heterocycles. The normalized spacial score (nSPS) is 10.2. The van der Waals surface area contributed by atoms with Crippen molar-refractivity contribution in [3.63, 3.8) is 0 Å². The number of hydrogen-bond acceptors (Lipinski definition) is 3. The van der Waals surface area contributed by atoms with Crippen LogP contribution in [0.2, 0.25) is 0 Å². The molecule has 0 saturated heterocycles. The number of aromatic nitrogens is 2. The Bertz CT molecular complexity index is 539. The molecule has 17 heavy (non-hydrogen) atoms. The number of carbonyl (C=O) groups is 1. The van der Waals surface area contributed by atoms with Crippen LogP contribution >= 0.6 is 0 Å². The van der Waals surface area contributed by atoms with Gasteiger partial charge in [0.05, 0.1) is 11.9 Å². The summed E-state index contributed by atoms with van der Waals surface area (Å²) in [7, 11) is 0. The third-order valence-corrected chi connectivity index (χ3v) is 2.39. The zero-order valence-corrected chi connectivity index (χ0v) is 9.74. The first-order valence-electron chi connectivity index (χ1n) is 5.25. The molecule has 0 saturated carbocycles. The summed E-state index contributed by atoms with van der Waals surface area (Å²) < 4.78 is 0. The highest BCUT2D eigenvalue weighted by Crippen LogP contribution is 2.15. The van der Waals surface area contributed by atoms with E-state index >= 15 is 0 Å². The highest BCUT2D eigenvalue weighted by atomic mass is 16.1. The quantitative estimate of drug-likeness (QED) is 0.736. The number of nitrogens with two attached hydrogens (primary N) is 1. The minimum absolute atomic E-state index is 0.201. The Hall–Kier alpha value is -2.30. The van der Waals surface area contributed by atoms with E-state index in [1.807, 2.05) is 32.0 Å². The smallest absolute Gasteiger partial charge is 0.256 e. The summed E-state index contributed by atoms with van der Waals surface area (Å²) in [5.41, 5.74) is 8.74. The van der Waals surface area contributed by atoms with E-state index in [9.17, 15) is 4.79 Å². The number of nitrogens with zero attached hydrogens (tertiary/aromatic N) is 1. The number of H-pyrrole nitrogens is 1. The van der Waals surface area contributed by atoms with E-state index < -0.39 is 0 Å². The second-order valence-corrected chi connectivity index (χ2v) is 4.03. The summed E-state index contributed by atoms with van der Waals surface area (Å²) in [5, 5.41) is 9.05. The van der Waals surface area contributed by atoms with Crippen molar-refractivity contribution in [1.82, 2.24) is 10.2 Å². The number of rotatable bonds is 2. The Labute approximate surface area is 99.0 Å². The number of nitrogen functional groups attached to an aromatic ring is 1. The maximum atomic E-state index is 12.0. The van der Waals surface area contributed by atoms with Crippen LogP contribution in [0.15, 0.2) is 24.4 Å². The van der Waals surface area contributed by atoms with Crippen LogP contribution in [0.3, 0.4) is 0 Å². The zero-order valence-electron chi connectivity index (χ0n) is 9.74. The van der Waals surface area contributed by atoms with E-state index in [1.54, 1.807) is 0 Å². The van der Waals surface area contributed by atoms with Crippen molar-refractivity contribution in [3.8, 4) is 0 Å². The number of anilines is 2. The van der Waals surface area contributed by atoms with Crippen molar-refractivity contribution in [1.29, 1.82) is 0 Å². The molecule has 0 aliphatic heterocycles. The molecule has 2 rings (SSSR count). The van der Waals surface area contributed by atoms with Gasteiger partial charge in [-0.05, 0) is 26.0 Å². The van der Waals surface area contributed by atoms with Crippen molar-refractivity contribution >= 4 is 17.4 Å². The fraction of sp³-hybridized carbons (Fsp3) is 0.167. The number of aromatic amines is 1. The fourth-order valence-corrected chi connectivity index (χ4v) is 1.69. The number of hydrogen-bond donors (Lipinski definition) is 3. The highest BCUT2D eigenvalue weighted by molar-refractivity contribution is 6.05. The number of benzene rings is 1. The van der Waals surface area contributed by atoms with Gasteiger partial charge in [-0.2, -0.15) is 5.10 Å². The molecule has 5 heteroatoms. The molecule has 0 aliphatic carbocycles. The van der Waals surface area contributed by atoms with Crippen molar-refractivity contribution in [2.24, 2.45) is 0 Å². The SMILES string of the molecule is Cc1cc(C)cc(C(=O)Nc2[nH]ncc2N)c1. The van der Waals surface area contributed by atoms with E-state index in [0.29, 0.717) is 17.1 Å². The summed E-state index contributed by atoms with van der Waals surface area (Å²) in [6.45, 7) is 3.91. The molecule has 5 nitrogen and oxygen atoms in total. The van der Waals surface area contributed by atoms with Crippen LogP contribution < -0.4 is 11.1 Å². The van der Waals surface area contributed by atoms with Crippen molar-refractivity contribution < 1.29 is 4.79 Å². The molecule has 0 radical (unpaired) electrons. The first-order valence-corrected chi connectivity index (χ1v) is 5.25. The Morgan fingerprint density at radius 1 is 1.29 bits per heavy atom. The maximum absolute atomic E-state index is 12.0. The van der Waals surface area contributed by atoms with Crippen LogP contribution in [-0.4, -0.2) is 16.1 Å². The average molecular weight is 230 g/mol. The molecule has 2 aromatic rings. The van der Waals surface area contributed by atoms with E-state index in [2.05, 4.69) is 15.5 Å². The average Bonchev–Trinajstić information content (AvgIpc) is 2.63. The van der Waals surface area contributed by atoms with Crippen molar-refractivity contribution in [2.75, 3.05) is 11.1 Å². The Balaban J connectivity index is 2.23. The van der Waals surface area contributed by atoms with Crippen molar-refractivity contribution in [3.05, 3.63) is 41.1 Å². The van der Waals surface area contributed by atoms with Gasteiger partial charge in [0, 0.05) is 5.56 Å². The molecule has 1 amide bonds. The lowest BCUT2D eigenvalue weighted by Crippen LogP contribution is -2.13. The molecule has 0 atom stereocenters. The lowest BCUT2D eigenvalue weighted by Gasteiger charge is -2.05. The van der Waals surface area contributed by atoms with Crippen LogP contribution in [-0.2, 0) is 0 Å². The van der Waals surface area contributed by atoms with Gasteiger partial charge in [-0.1, -0.05) is 17.2 Å². The largest absolute Gasteiger partial charge is 0.394 e. The molecule has 0 aliphatic rings. The Kier molecular flexibility index (Phi) is 2.82. The van der Waals surface area contributed by atoms with E-state index in [4.69, 9.17) is 5.73 Å². The van der Waals surface area contributed by atoms with Crippen LogP contribution in [0.4, 0.5) is 11.5 Å². The minimum atomic E-state index is -0.201. The Morgan fingerprint density at radius 2 is 1.94 bits per heavy atom. The molecule has 0 spiro atoms. The molecular formula is C12H14N4O. The second-order valence-electron chi connectivity index (χ2n) is 4.03. The minimum Gasteiger partial charge on any atom is -0.394 e. The van der Waals surface area contributed by atoms with Gasteiger partial charge in [0.25, 0.3) is 5.91 Å². The van der Waals surface area contributed by atoms with Gasteiger partial charge in [0.1, 0.15) is 0 Å². The Morgan fingerprint density at radius 3 is 2.47 bits per heavy atom. The molecule has 0 unspecified atom stereocenters. The summed E-state index contributed by atoms with van der Waals surface area (Å²) >= 11 is 0. The molecule has 1 heterocycles. The molecule has 1 aromatic carbocycles. The third-order valence-electron chi connectivity index (χ3n) is 2.39. The zero-order chi connectivity index (χ0) is 12.4. The third kappa shape index (κ3) is 2.44. The van der Waals surface area contributed by atoms with Gasteiger partial charge in [-0.25, -0.2) is 0 Å². The van der Waals surface area contributed by atoms with Crippen LogP contribution in [0.1, 0.15) is 21.5 Å². The molecular weight excluding hydrogens is 216 g/mol. The van der Waals surface area contributed by atoms with Crippen LogP contribution in [0.25, 0.3) is 0 Å². The standard InChI is InChI=1S/C12H14N4O/c1-7-3-8(2)5-9(4-7)12(17)15-11-10(13)6-14-16-11/h3-6H,13H2,1-2H3,(H2,14,15,16,17). The first kappa shape index (κ1) is 11.2. The van der Waals surface area contributed by atoms with Gasteiger partial charge >= 0.3 is 0 Å². The fourth-order valence-electron chi connectivity index (χ4n) is 1.69. The van der Waals surface area contributed by atoms with E-state index in [-0.39, 0.29) is 5.91 Å². The lowest BCUT2D eigenvalue weighted by molar-refractivity contribution is 0.102. The monoisotopic (exact) mass is 230 g/mol. The van der Waals surface area contributed by atoms with E-state index in [0.717, 1.165) is 11.1 Å². The van der Waals surface area contributed by atoms with Gasteiger partial charge in [0.15, 0.2) is 5.82 Å². The predicted molar refractivity (Wildman–Crippen MR) is 66.9 cm³/mol. The maximum Gasteiger partial charge on any atom is 0.256 e. The molecule has 4 N–H and O–H groups in total. The van der Waals surface area contributed by atoms with Gasteiger partial charge < -0.3 is 11.1 Å². The molecule has 0 fully saturated rings. The molecule has 88 valence electrons. The van der Waals surface area contributed by atoms with Crippen molar-refractivity contribution in [2.45, 2.75) is 13.8 Å². The first-order chi connectivity index (χ1) is 8.06. The number of carbonyl (C=O) groups excluding carboxylic acids is 1. The number of amides is 1. The van der Waals surface area contributed by atoms with Gasteiger partial charge in [0.2, 0.25) is 0 Å². The lowest BCUT2D eigenvalue weighted by atomic mass is 10.1. The van der Waals surface area contributed by atoms with Crippen LogP contribution in [0.5, 0.6) is 0 Å². The summed E-state index contributed by atoms with van der Waals surface area (Å²) in [6, 6.07) is 5.67. The van der Waals surface area contributed by atoms with Gasteiger partial charge in [-0.15, -0.1) is 0 Å². The number of aryl methyl sites for hydroxylation is 2. The summed E-state index contributed by atoms with van der Waals surface area (Å²) in [4.78, 5) is 12.0. The summed E-state index contributed by atoms with van der Waals surface area (Å²) in [5.74, 6) is 0.224. The molecule has 0 bridgehead atoms. The number of nitrogens with one attached hydrogen (secondary N) is 2. The van der Waals surface area contributed by atoms with Gasteiger partial charge in [-0.3, -0.25) is 9.89 Å². The second kappa shape index (κ2) is 4.29. The summed E-state index contributed by atoms with van der Waals surface area (Å²) in [6.07, 6.45) is 1.46. The van der Waals surface area contributed by atoms with E-state index in [1.165, 1.54) is 6.20 Å². The van der Waals surface area contributed by atoms with Crippen LogP contribution in [0, 0.1) is 13.8 Å². The highest BCUT2D eigenvalue weighted by Gasteiger charge is 2.09. The topological polar surface area (TPSA) is 83.8 Å². The predicted octanol–water partition coefficient (Wildman–Crippen LogP) is 1.86.